The number of ketones is 4. The van der Waals surface area contributed by atoms with Crippen molar-refractivity contribution in [3.05, 3.63) is 17.2 Å². The van der Waals surface area contributed by atoms with E-state index < -0.39 is 76.0 Å². The molecule has 3 aliphatic carbocycles. The number of nitrogens with one attached hydrogen (secondary N) is 2. The zero-order valence-corrected chi connectivity index (χ0v) is 24.9. The molecular weight excluding hydrogens is 546 g/mol. The third-order valence-electron chi connectivity index (χ3n) is 8.57. The molecule has 2 saturated carbocycles. The highest BCUT2D eigenvalue weighted by Gasteiger charge is 2.69. The maximum Gasteiger partial charge on any atom is 0.238 e. The Balaban J connectivity index is 1.81. The van der Waals surface area contributed by atoms with Gasteiger partial charge in [0.1, 0.15) is 5.75 Å². The van der Waals surface area contributed by atoms with Crippen molar-refractivity contribution in [3.63, 3.8) is 0 Å². The van der Waals surface area contributed by atoms with Gasteiger partial charge in [-0.3, -0.25) is 33.7 Å². The number of nitrogens with two attached hydrogens (primary N) is 1. The molecule has 6 atom stereocenters. The second-order valence-corrected chi connectivity index (χ2v) is 13.0. The Morgan fingerprint density at radius 2 is 1.71 bits per heavy atom. The second-order valence-electron chi connectivity index (χ2n) is 13.0. The second kappa shape index (κ2) is 10.5. The van der Waals surface area contributed by atoms with E-state index in [4.69, 9.17) is 5.73 Å². The summed E-state index contributed by atoms with van der Waals surface area (Å²) in [5.41, 5.74) is 2.95. The molecule has 0 bridgehead atoms. The number of carbonyl (C=O) groups is 6. The summed E-state index contributed by atoms with van der Waals surface area (Å²) in [6.07, 6.45) is 0.0706. The van der Waals surface area contributed by atoms with Gasteiger partial charge in [-0.05, 0) is 65.3 Å². The van der Waals surface area contributed by atoms with E-state index in [0.717, 1.165) is 0 Å². The topological polar surface area (TPSA) is 199 Å². The SMILES string of the molecule is CN(C)c1cc(NC(=O)CNC(C)(C)C)c(O)c2c1C[C@@H]1C[C@@H]3C(N(C)C)C(=O)C(C(N)=O)C(=O)[C@]3(O)C(=O)C1C2=O. The van der Waals surface area contributed by atoms with Crippen LogP contribution in [0.1, 0.15) is 43.1 Å². The van der Waals surface area contributed by atoms with Crippen molar-refractivity contribution in [2.24, 2.45) is 29.4 Å². The van der Waals surface area contributed by atoms with E-state index in [2.05, 4.69) is 10.6 Å². The van der Waals surface area contributed by atoms with Crippen LogP contribution in [0.4, 0.5) is 11.4 Å². The number of amides is 2. The van der Waals surface area contributed by atoms with E-state index in [1.807, 2.05) is 20.8 Å². The average Bonchev–Trinajstić information content (AvgIpc) is 2.85. The van der Waals surface area contributed by atoms with E-state index >= 15 is 0 Å². The predicted molar refractivity (Wildman–Crippen MR) is 152 cm³/mol. The molecule has 2 amide bonds. The molecule has 3 unspecified atom stereocenters. The molecule has 3 aliphatic rings. The summed E-state index contributed by atoms with van der Waals surface area (Å²) < 4.78 is 0. The maximum atomic E-state index is 14.1. The molecule has 0 saturated heterocycles. The van der Waals surface area contributed by atoms with E-state index in [1.54, 1.807) is 25.1 Å². The van der Waals surface area contributed by atoms with Gasteiger partial charge in [0.2, 0.25) is 11.8 Å². The van der Waals surface area contributed by atoms with Gasteiger partial charge in [-0.1, -0.05) is 0 Å². The predicted octanol–water partition coefficient (Wildman–Crippen LogP) is -0.740. The average molecular weight is 586 g/mol. The fourth-order valence-corrected chi connectivity index (χ4v) is 6.69. The number of aromatic hydroxyl groups is 1. The molecule has 13 nitrogen and oxygen atoms in total. The smallest absolute Gasteiger partial charge is 0.238 e. The lowest BCUT2D eigenvalue weighted by atomic mass is 9.52. The number of nitrogens with zero attached hydrogens (tertiary/aromatic N) is 2. The highest BCUT2D eigenvalue weighted by molar-refractivity contribution is 6.32. The molecule has 42 heavy (non-hydrogen) atoms. The van der Waals surface area contributed by atoms with Crippen molar-refractivity contribution in [1.29, 1.82) is 0 Å². The maximum absolute atomic E-state index is 14.1. The number of phenolic OH excluding ortho intramolecular Hbond substituents is 1. The van der Waals surface area contributed by atoms with Crippen LogP contribution in [0.5, 0.6) is 5.75 Å². The number of carbonyl (C=O) groups excluding carboxylic acids is 6. The molecule has 2 fully saturated rings. The Labute approximate surface area is 243 Å². The van der Waals surface area contributed by atoms with Gasteiger partial charge in [0.15, 0.2) is 34.7 Å². The standard InChI is InChI=1S/C29H39N5O8/c1-28(2,3)31-11-17(35)32-15-10-16(33(4)5)13-8-12-9-14-21(34(6)7)24(38)20(27(30)41)26(40)29(14,42)25(39)18(12)23(37)19(13)22(15)36/h10,12,14,18,20-21,31,36,42H,8-9,11H2,1-7H3,(H2,30,41)(H,32,35)/t12-,14-,18?,20?,21?,29-/m1/s1. The van der Waals surface area contributed by atoms with Gasteiger partial charge in [0, 0.05) is 31.2 Å². The summed E-state index contributed by atoms with van der Waals surface area (Å²) in [5, 5.41) is 28.6. The van der Waals surface area contributed by atoms with Gasteiger partial charge in [-0.25, -0.2) is 0 Å². The molecule has 1 aromatic rings. The lowest BCUT2D eigenvalue weighted by molar-refractivity contribution is -0.181. The summed E-state index contributed by atoms with van der Waals surface area (Å²) in [6.45, 7) is 5.58. The summed E-state index contributed by atoms with van der Waals surface area (Å²) in [5.74, 6) is -11.8. The van der Waals surface area contributed by atoms with Crippen LogP contribution in [0.25, 0.3) is 0 Å². The molecular formula is C29H39N5O8. The van der Waals surface area contributed by atoms with Crippen LogP contribution in [0.15, 0.2) is 6.07 Å². The summed E-state index contributed by atoms with van der Waals surface area (Å²) >= 11 is 0. The summed E-state index contributed by atoms with van der Waals surface area (Å²) in [6, 6.07) is 0.374. The first-order chi connectivity index (χ1) is 19.3. The number of rotatable bonds is 6. The van der Waals surface area contributed by atoms with Crippen molar-refractivity contribution in [1.82, 2.24) is 10.2 Å². The first-order valence-corrected chi connectivity index (χ1v) is 13.8. The van der Waals surface area contributed by atoms with Gasteiger partial charge in [-0.15, -0.1) is 0 Å². The fraction of sp³-hybridized carbons (Fsp3) is 0.586. The first-order valence-electron chi connectivity index (χ1n) is 13.8. The minimum absolute atomic E-state index is 0.0365. The van der Waals surface area contributed by atoms with Gasteiger partial charge < -0.3 is 31.5 Å². The van der Waals surface area contributed by atoms with E-state index in [0.29, 0.717) is 11.3 Å². The number of hydrogen-bond acceptors (Lipinski definition) is 11. The van der Waals surface area contributed by atoms with Crippen molar-refractivity contribution in [2.75, 3.05) is 45.0 Å². The van der Waals surface area contributed by atoms with E-state index in [9.17, 15) is 39.0 Å². The normalized spacial score (nSPS) is 29.1. The number of aliphatic hydroxyl groups is 1. The number of hydrogen-bond donors (Lipinski definition) is 5. The minimum Gasteiger partial charge on any atom is -0.505 e. The van der Waals surface area contributed by atoms with Crippen LogP contribution in [0.3, 0.4) is 0 Å². The number of fused-ring (bicyclic) bond motifs is 3. The molecule has 228 valence electrons. The lowest BCUT2D eigenvalue weighted by Gasteiger charge is -2.52. The number of benzene rings is 1. The van der Waals surface area contributed by atoms with Crippen LogP contribution < -0.4 is 21.3 Å². The van der Waals surface area contributed by atoms with Gasteiger partial charge in [0.05, 0.1) is 29.8 Å². The van der Waals surface area contributed by atoms with Gasteiger partial charge in [0.25, 0.3) is 0 Å². The zero-order chi connectivity index (χ0) is 31.6. The third-order valence-corrected chi connectivity index (χ3v) is 8.57. The minimum atomic E-state index is -2.80. The quantitative estimate of drug-likeness (QED) is 0.208. The Morgan fingerprint density at radius 1 is 1.10 bits per heavy atom. The van der Waals surface area contributed by atoms with Crippen molar-refractivity contribution in [2.45, 2.75) is 50.8 Å². The number of likely N-dealkylation sites (N-methyl/N-ethyl adjacent to an activating group) is 1. The molecule has 13 heteroatoms. The highest BCUT2D eigenvalue weighted by atomic mass is 16.3. The molecule has 0 aromatic heterocycles. The number of primary amides is 1. The Morgan fingerprint density at radius 3 is 2.24 bits per heavy atom. The fourth-order valence-electron chi connectivity index (χ4n) is 6.69. The number of Topliss-reactive ketones (excluding diaryl/α,β-unsaturated/α-hetero) is 4. The number of phenols is 1. The molecule has 0 radical (unpaired) electrons. The highest BCUT2D eigenvalue weighted by Crippen LogP contribution is 2.52. The summed E-state index contributed by atoms with van der Waals surface area (Å²) in [7, 11) is 6.52. The van der Waals surface area contributed by atoms with E-state index in [-0.39, 0.29) is 36.2 Å². The van der Waals surface area contributed by atoms with Crippen LogP contribution in [-0.4, -0.2) is 102 Å². The molecule has 0 heterocycles. The third kappa shape index (κ3) is 4.88. The van der Waals surface area contributed by atoms with Crippen LogP contribution in [0, 0.1) is 23.7 Å². The Bertz CT molecular complexity index is 1400. The monoisotopic (exact) mass is 585 g/mol. The molecule has 6 N–H and O–H groups in total. The molecule has 0 spiro atoms. The summed E-state index contributed by atoms with van der Waals surface area (Å²) in [4.78, 5) is 82.7. The van der Waals surface area contributed by atoms with Gasteiger partial charge in [-0.2, -0.15) is 0 Å². The largest absolute Gasteiger partial charge is 0.505 e. The molecule has 4 rings (SSSR count). The Hall–Kier alpha value is -3.68. The molecule has 1 aromatic carbocycles. The zero-order valence-electron chi connectivity index (χ0n) is 24.9. The van der Waals surface area contributed by atoms with Crippen molar-refractivity contribution >= 4 is 46.3 Å². The number of anilines is 2. The first kappa shape index (κ1) is 31.3. The van der Waals surface area contributed by atoms with Crippen LogP contribution in [-0.2, 0) is 30.4 Å². The Kier molecular flexibility index (Phi) is 7.85. The van der Waals surface area contributed by atoms with Crippen molar-refractivity contribution in [3.8, 4) is 5.75 Å². The van der Waals surface area contributed by atoms with Crippen LogP contribution in [0.2, 0.25) is 0 Å². The lowest BCUT2D eigenvalue weighted by Crippen LogP contribution is -2.74. The van der Waals surface area contributed by atoms with Gasteiger partial charge >= 0.3 is 0 Å². The van der Waals surface area contributed by atoms with Crippen molar-refractivity contribution < 1.29 is 39.0 Å². The van der Waals surface area contributed by atoms with E-state index in [1.165, 1.54) is 19.0 Å². The molecule has 0 aliphatic heterocycles. The van der Waals surface area contributed by atoms with Crippen LogP contribution >= 0.6 is 0 Å².